The zero-order valence-electron chi connectivity index (χ0n) is 19.9. The van der Waals surface area contributed by atoms with E-state index in [0.717, 1.165) is 20.6 Å². The van der Waals surface area contributed by atoms with Crippen LogP contribution in [-0.4, -0.2) is 44.0 Å². The van der Waals surface area contributed by atoms with Gasteiger partial charge in [-0.25, -0.2) is 9.59 Å². The first-order valence-electron chi connectivity index (χ1n) is 11.0. The summed E-state index contributed by atoms with van der Waals surface area (Å²) in [6.07, 6.45) is 1.58. The van der Waals surface area contributed by atoms with Crippen LogP contribution in [0.3, 0.4) is 0 Å². The van der Waals surface area contributed by atoms with Crippen molar-refractivity contribution >= 4 is 45.6 Å². The number of nitrogens with zero attached hydrogens (tertiary/aromatic N) is 2. The van der Waals surface area contributed by atoms with E-state index in [9.17, 15) is 14.4 Å². The highest BCUT2D eigenvalue weighted by Gasteiger charge is 2.34. The van der Waals surface area contributed by atoms with Crippen LogP contribution in [0.1, 0.15) is 27.4 Å². The number of hydrogen-bond donors (Lipinski definition) is 1. The van der Waals surface area contributed by atoms with Gasteiger partial charge < -0.3 is 24.1 Å². The predicted molar refractivity (Wildman–Crippen MR) is 136 cm³/mol. The van der Waals surface area contributed by atoms with Crippen LogP contribution in [0.25, 0.3) is 6.08 Å². The van der Waals surface area contributed by atoms with Gasteiger partial charge in [-0.3, -0.25) is 9.69 Å². The van der Waals surface area contributed by atoms with Crippen LogP contribution in [-0.2, 0) is 22.7 Å². The summed E-state index contributed by atoms with van der Waals surface area (Å²) in [6, 6.07) is 15.7. The number of hydrogen-bond acceptors (Lipinski definition) is 7. The molecule has 1 saturated heterocycles. The lowest BCUT2D eigenvalue weighted by molar-refractivity contribution is -0.123. The molecule has 0 aliphatic carbocycles. The second-order valence-electron chi connectivity index (χ2n) is 8.17. The van der Waals surface area contributed by atoms with Crippen LogP contribution in [0.2, 0.25) is 0 Å². The monoisotopic (exact) mass is 553 g/mol. The fourth-order valence-electron chi connectivity index (χ4n) is 3.49. The highest BCUT2D eigenvalue weighted by molar-refractivity contribution is 9.10. The first-order valence-corrected chi connectivity index (χ1v) is 11.7. The summed E-state index contributed by atoms with van der Waals surface area (Å²) in [4.78, 5) is 40.1. The average molecular weight is 554 g/mol. The van der Waals surface area contributed by atoms with Crippen LogP contribution in [0.15, 0.2) is 69.2 Å². The van der Waals surface area contributed by atoms with Gasteiger partial charge in [0.25, 0.3) is 5.91 Å². The van der Waals surface area contributed by atoms with Crippen LogP contribution in [0, 0.1) is 0 Å². The van der Waals surface area contributed by atoms with Gasteiger partial charge in [-0.05, 0) is 48.0 Å². The lowest BCUT2D eigenvalue weighted by Gasteiger charge is -2.16. The van der Waals surface area contributed by atoms with Crippen molar-refractivity contribution in [1.82, 2.24) is 10.2 Å². The normalized spacial score (nSPS) is 14.2. The molecule has 1 aromatic heterocycles. The molecule has 9 nitrogen and oxygen atoms in total. The number of ether oxygens (including phenoxy) is 2. The fourth-order valence-corrected chi connectivity index (χ4v) is 3.75. The number of nitrogens with one attached hydrogen (secondary N) is 1. The molecule has 3 aromatic rings. The van der Waals surface area contributed by atoms with Crippen molar-refractivity contribution in [3.63, 3.8) is 0 Å². The first kappa shape index (κ1) is 25.1. The third-order valence-electron chi connectivity index (χ3n) is 5.45. The van der Waals surface area contributed by atoms with E-state index in [1.807, 2.05) is 61.5 Å². The number of methoxy groups -OCH3 is 1. The Labute approximate surface area is 216 Å². The maximum atomic E-state index is 13.0. The summed E-state index contributed by atoms with van der Waals surface area (Å²) < 4.78 is 17.1. The Kier molecular flexibility index (Phi) is 7.44. The summed E-state index contributed by atoms with van der Waals surface area (Å²) in [5, 5.41) is 2.60. The van der Waals surface area contributed by atoms with Crippen molar-refractivity contribution < 1.29 is 28.3 Å². The van der Waals surface area contributed by atoms with Crippen LogP contribution in [0.4, 0.5) is 10.5 Å². The van der Waals surface area contributed by atoms with Crippen molar-refractivity contribution in [2.24, 2.45) is 0 Å². The minimum atomic E-state index is -0.643. The van der Waals surface area contributed by atoms with Gasteiger partial charge in [-0.15, -0.1) is 0 Å². The third kappa shape index (κ3) is 5.60. The topological polar surface area (TPSA) is 101 Å². The molecule has 0 atom stereocenters. The molecule has 2 aromatic carbocycles. The second kappa shape index (κ2) is 10.7. The highest BCUT2D eigenvalue weighted by atomic mass is 79.9. The molecule has 186 valence electrons. The minimum absolute atomic E-state index is 0.0103. The van der Waals surface area contributed by atoms with Crippen LogP contribution in [0.5, 0.6) is 5.75 Å². The molecule has 0 radical (unpaired) electrons. The van der Waals surface area contributed by atoms with Gasteiger partial charge in [0.1, 0.15) is 23.8 Å². The molecule has 1 aliphatic rings. The largest absolute Gasteiger partial charge is 0.488 e. The van der Waals surface area contributed by atoms with Crippen molar-refractivity contribution in [2.45, 2.75) is 13.2 Å². The SMILES string of the molecule is COC(=O)c1ccc(CN2C(=O)N/C(=C\c3ccc(N(C)C)cc3OCc3ccc(Br)cc3)C2=O)o1. The van der Waals surface area contributed by atoms with E-state index < -0.39 is 17.9 Å². The van der Waals surface area contributed by atoms with Gasteiger partial charge in [0.15, 0.2) is 0 Å². The lowest BCUT2D eigenvalue weighted by atomic mass is 10.1. The summed E-state index contributed by atoms with van der Waals surface area (Å²) in [7, 11) is 5.08. The van der Waals surface area contributed by atoms with Gasteiger partial charge in [0.05, 0.1) is 13.7 Å². The van der Waals surface area contributed by atoms with Crippen molar-refractivity contribution in [1.29, 1.82) is 0 Å². The van der Waals surface area contributed by atoms with Crippen molar-refractivity contribution in [3.05, 3.63) is 87.4 Å². The molecule has 1 aliphatic heterocycles. The van der Waals surface area contributed by atoms with Crippen LogP contribution >= 0.6 is 15.9 Å². The van der Waals surface area contributed by atoms with E-state index in [1.54, 1.807) is 6.08 Å². The van der Waals surface area contributed by atoms with Gasteiger partial charge >= 0.3 is 12.0 Å². The average Bonchev–Trinajstić information content (AvgIpc) is 3.44. The number of carbonyl (C=O) groups excluding carboxylic acids is 3. The number of rotatable bonds is 8. The maximum absolute atomic E-state index is 13.0. The first-order chi connectivity index (χ1) is 17.2. The van der Waals surface area contributed by atoms with Crippen molar-refractivity contribution in [3.8, 4) is 5.75 Å². The zero-order valence-corrected chi connectivity index (χ0v) is 21.5. The lowest BCUT2D eigenvalue weighted by Crippen LogP contribution is -2.30. The molecule has 2 heterocycles. The number of anilines is 1. The summed E-state index contributed by atoms with van der Waals surface area (Å²) >= 11 is 3.42. The number of urea groups is 1. The fraction of sp³-hybridized carbons (Fsp3) is 0.192. The Balaban J connectivity index is 1.56. The maximum Gasteiger partial charge on any atom is 0.373 e. The number of halogens is 1. The number of furan rings is 1. The van der Waals surface area contributed by atoms with Gasteiger partial charge in [-0.2, -0.15) is 0 Å². The van der Waals surface area contributed by atoms with Gasteiger partial charge in [0, 0.05) is 35.9 Å². The van der Waals surface area contributed by atoms with E-state index in [2.05, 4.69) is 26.0 Å². The number of esters is 1. The molecular weight excluding hydrogens is 530 g/mol. The molecule has 36 heavy (non-hydrogen) atoms. The second-order valence-corrected chi connectivity index (χ2v) is 9.08. The zero-order chi connectivity index (χ0) is 25.8. The van der Waals surface area contributed by atoms with Gasteiger partial charge in [-0.1, -0.05) is 28.1 Å². The Hall–Kier alpha value is -4.05. The molecule has 0 bridgehead atoms. The molecule has 3 amide bonds. The molecule has 0 unspecified atom stereocenters. The summed E-state index contributed by atoms with van der Waals surface area (Å²) in [5.41, 5.74) is 2.64. The smallest absolute Gasteiger partial charge is 0.373 e. The quantitative estimate of drug-likeness (QED) is 0.247. The number of benzene rings is 2. The summed E-state index contributed by atoms with van der Waals surface area (Å²) in [5.74, 6) is -0.341. The molecule has 0 spiro atoms. The van der Waals surface area contributed by atoms with E-state index in [0.29, 0.717) is 17.9 Å². The van der Waals surface area contributed by atoms with E-state index >= 15 is 0 Å². The minimum Gasteiger partial charge on any atom is -0.488 e. The molecular formula is C26H24BrN3O6. The molecule has 1 N–H and O–H groups in total. The number of imide groups is 1. The molecule has 1 fully saturated rings. The molecule has 0 saturated carbocycles. The van der Waals surface area contributed by atoms with E-state index in [-0.39, 0.29) is 23.8 Å². The standard InChI is InChI=1S/C26H24BrN3O6/c1-29(2)19-9-6-17(23(13-19)35-15-16-4-7-18(27)8-5-16)12-21-24(31)30(26(33)28-21)14-20-10-11-22(36-20)25(32)34-3/h4-13H,14-15H2,1-3H3,(H,28,33)/b21-12-. The predicted octanol–water partition coefficient (Wildman–Crippen LogP) is 4.57. The van der Waals surface area contributed by atoms with Crippen molar-refractivity contribution in [2.75, 3.05) is 26.1 Å². The Bertz CT molecular complexity index is 1330. The Morgan fingerprint density at radius 2 is 1.86 bits per heavy atom. The Morgan fingerprint density at radius 1 is 1.11 bits per heavy atom. The molecule has 4 rings (SSSR count). The van der Waals surface area contributed by atoms with Crippen LogP contribution < -0.4 is 15.0 Å². The van der Waals surface area contributed by atoms with Gasteiger partial charge in [0.2, 0.25) is 5.76 Å². The third-order valence-corrected chi connectivity index (χ3v) is 5.97. The van der Waals surface area contributed by atoms with E-state index in [4.69, 9.17) is 9.15 Å². The molecule has 10 heteroatoms. The summed E-state index contributed by atoms with van der Waals surface area (Å²) in [6.45, 7) is 0.194. The van der Waals surface area contributed by atoms with E-state index in [1.165, 1.54) is 19.2 Å². The highest BCUT2D eigenvalue weighted by Crippen LogP contribution is 2.29. The number of amides is 3. The Morgan fingerprint density at radius 3 is 2.56 bits per heavy atom. The number of carbonyl (C=O) groups is 3.